The van der Waals surface area contributed by atoms with Crippen LogP contribution in [0.3, 0.4) is 0 Å². The van der Waals surface area contributed by atoms with Crippen molar-refractivity contribution in [3.8, 4) is 5.75 Å². The number of ether oxygens (including phenoxy) is 1. The molecule has 0 aliphatic rings. The van der Waals surface area contributed by atoms with Crippen LogP contribution in [0.25, 0.3) is 11.0 Å². The molecule has 0 unspecified atom stereocenters. The summed E-state index contributed by atoms with van der Waals surface area (Å²) in [5.41, 5.74) is 1.34. The van der Waals surface area contributed by atoms with E-state index in [1.165, 1.54) is 0 Å². The van der Waals surface area contributed by atoms with E-state index in [9.17, 15) is 9.59 Å². The highest BCUT2D eigenvalue weighted by Gasteiger charge is 2.18. The SMILES string of the molecule is CCNC(=O)CNC(=O)c1oc2ccc(OCC)cc2c1C. The van der Waals surface area contributed by atoms with Crippen LogP contribution in [0.4, 0.5) is 0 Å². The molecule has 6 nitrogen and oxygen atoms in total. The summed E-state index contributed by atoms with van der Waals surface area (Å²) in [6, 6.07) is 5.41. The lowest BCUT2D eigenvalue weighted by Crippen LogP contribution is -2.36. The van der Waals surface area contributed by atoms with Crippen LogP contribution in [0.2, 0.25) is 0 Å². The van der Waals surface area contributed by atoms with Gasteiger partial charge in [0, 0.05) is 17.5 Å². The van der Waals surface area contributed by atoms with Crippen molar-refractivity contribution in [1.82, 2.24) is 10.6 Å². The second-order valence-electron chi connectivity index (χ2n) is 4.78. The first-order valence-electron chi connectivity index (χ1n) is 7.27. The van der Waals surface area contributed by atoms with E-state index in [2.05, 4.69) is 10.6 Å². The first-order chi connectivity index (χ1) is 10.6. The lowest BCUT2D eigenvalue weighted by molar-refractivity contribution is -0.120. The summed E-state index contributed by atoms with van der Waals surface area (Å²) in [7, 11) is 0. The molecule has 0 bridgehead atoms. The summed E-state index contributed by atoms with van der Waals surface area (Å²) in [5, 5.41) is 5.99. The molecule has 0 aliphatic carbocycles. The van der Waals surface area contributed by atoms with Crippen molar-refractivity contribution >= 4 is 22.8 Å². The normalized spacial score (nSPS) is 10.5. The number of hydrogen-bond donors (Lipinski definition) is 2. The van der Waals surface area contributed by atoms with Crippen molar-refractivity contribution in [3.05, 3.63) is 29.5 Å². The third-order valence-electron chi connectivity index (χ3n) is 3.21. The molecule has 6 heteroatoms. The Bertz CT molecular complexity index is 691. The molecule has 1 aromatic carbocycles. The highest BCUT2D eigenvalue weighted by molar-refractivity contribution is 6.00. The molecular formula is C16H20N2O4. The van der Waals surface area contributed by atoms with E-state index < -0.39 is 5.91 Å². The fraction of sp³-hybridized carbons (Fsp3) is 0.375. The minimum atomic E-state index is -0.405. The molecule has 2 aromatic rings. The highest BCUT2D eigenvalue weighted by Crippen LogP contribution is 2.28. The molecule has 1 heterocycles. The molecule has 0 saturated heterocycles. The number of carbonyl (C=O) groups is 2. The van der Waals surface area contributed by atoms with Gasteiger partial charge in [-0.25, -0.2) is 0 Å². The number of benzene rings is 1. The predicted octanol–water partition coefficient (Wildman–Crippen LogP) is 2.01. The number of hydrogen-bond acceptors (Lipinski definition) is 4. The van der Waals surface area contributed by atoms with Gasteiger partial charge in [0.25, 0.3) is 5.91 Å². The van der Waals surface area contributed by atoms with E-state index in [-0.39, 0.29) is 18.2 Å². The third-order valence-corrected chi connectivity index (χ3v) is 3.21. The summed E-state index contributed by atoms with van der Waals surface area (Å²) >= 11 is 0. The maximum atomic E-state index is 12.1. The van der Waals surface area contributed by atoms with Crippen LogP contribution in [-0.4, -0.2) is 31.5 Å². The second-order valence-corrected chi connectivity index (χ2v) is 4.78. The van der Waals surface area contributed by atoms with Gasteiger partial charge in [0.05, 0.1) is 13.2 Å². The molecule has 0 aliphatic heterocycles. The number of furan rings is 1. The zero-order valence-corrected chi connectivity index (χ0v) is 13.0. The van der Waals surface area contributed by atoms with Gasteiger partial charge in [0.15, 0.2) is 5.76 Å². The van der Waals surface area contributed by atoms with Crippen LogP contribution in [0.5, 0.6) is 5.75 Å². The second kappa shape index (κ2) is 6.98. The zero-order chi connectivity index (χ0) is 16.1. The fourth-order valence-electron chi connectivity index (χ4n) is 2.17. The molecule has 1 aromatic heterocycles. The summed E-state index contributed by atoms with van der Waals surface area (Å²) in [6.07, 6.45) is 0. The maximum Gasteiger partial charge on any atom is 0.287 e. The Labute approximate surface area is 128 Å². The zero-order valence-electron chi connectivity index (χ0n) is 13.0. The molecule has 22 heavy (non-hydrogen) atoms. The number of likely N-dealkylation sites (N-methyl/N-ethyl adjacent to an activating group) is 1. The van der Waals surface area contributed by atoms with Gasteiger partial charge in [-0.2, -0.15) is 0 Å². The lowest BCUT2D eigenvalue weighted by atomic mass is 10.1. The number of nitrogens with one attached hydrogen (secondary N) is 2. The molecule has 2 rings (SSSR count). The van der Waals surface area contributed by atoms with Crippen LogP contribution >= 0.6 is 0 Å². The van der Waals surface area contributed by atoms with E-state index in [0.717, 1.165) is 16.7 Å². The first-order valence-corrected chi connectivity index (χ1v) is 7.27. The number of amides is 2. The van der Waals surface area contributed by atoms with Gasteiger partial charge in [-0.3, -0.25) is 9.59 Å². The molecular weight excluding hydrogens is 284 g/mol. The topological polar surface area (TPSA) is 80.6 Å². The Kier molecular flexibility index (Phi) is 5.04. The molecule has 0 fully saturated rings. The van der Waals surface area contributed by atoms with E-state index in [0.29, 0.717) is 18.7 Å². The Morgan fingerprint density at radius 2 is 2.00 bits per heavy atom. The first kappa shape index (κ1) is 15.9. The average molecular weight is 304 g/mol. The van der Waals surface area contributed by atoms with Gasteiger partial charge in [0.1, 0.15) is 11.3 Å². The van der Waals surface area contributed by atoms with Gasteiger partial charge in [-0.05, 0) is 39.0 Å². The predicted molar refractivity (Wildman–Crippen MR) is 83.1 cm³/mol. The van der Waals surface area contributed by atoms with Gasteiger partial charge in [-0.15, -0.1) is 0 Å². The van der Waals surface area contributed by atoms with Crippen molar-refractivity contribution in [1.29, 1.82) is 0 Å². The van der Waals surface area contributed by atoms with Crippen molar-refractivity contribution in [2.75, 3.05) is 19.7 Å². The molecule has 118 valence electrons. The summed E-state index contributed by atoms with van der Waals surface area (Å²) < 4.78 is 11.0. The summed E-state index contributed by atoms with van der Waals surface area (Å²) in [5.74, 6) is 0.308. The Balaban J connectivity index is 2.18. The van der Waals surface area contributed by atoms with E-state index in [1.54, 1.807) is 12.1 Å². The Morgan fingerprint density at radius 3 is 2.68 bits per heavy atom. The molecule has 2 amide bonds. The largest absolute Gasteiger partial charge is 0.494 e. The van der Waals surface area contributed by atoms with Gasteiger partial charge in [-0.1, -0.05) is 0 Å². The fourth-order valence-corrected chi connectivity index (χ4v) is 2.17. The number of fused-ring (bicyclic) bond motifs is 1. The third kappa shape index (κ3) is 3.39. The number of carbonyl (C=O) groups excluding carboxylic acids is 2. The Morgan fingerprint density at radius 1 is 1.23 bits per heavy atom. The van der Waals surface area contributed by atoms with E-state index in [1.807, 2.05) is 26.8 Å². The van der Waals surface area contributed by atoms with Crippen LogP contribution in [0.1, 0.15) is 30.0 Å². The lowest BCUT2D eigenvalue weighted by Gasteiger charge is -2.03. The minimum absolute atomic E-state index is 0.0760. The van der Waals surface area contributed by atoms with Gasteiger partial charge in [0.2, 0.25) is 5.91 Å². The molecule has 0 saturated carbocycles. The molecule has 0 atom stereocenters. The number of rotatable bonds is 6. The number of aryl methyl sites for hydroxylation is 1. The standard InChI is InChI=1S/C16H20N2O4/c1-4-17-14(19)9-18-16(20)15-10(3)12-8-11(21-5-2)6-7-13(12)22-15/h6-8H,4-5,9H2,1-3H3,(H,17,19)(H,18,20). The van der Waals surface area contributed by atoms with Crippen molar-refractivity contribution < 1.29 is 18.7 Å². The average Bonchev–Trinajstić information content (AvgIpc) is 2.83. The molecule has 0 spiro atoms. The molecule has 2 N–H and O–H groups in total. The van der Waals surface area contributed by atoms with Crippen LogP contribution in [0, 0.1) is 6.92 Å². The van der Waals surface area contributed by atoms with Gasteiger partial charge >= 0.3 is 0 Å². The van der Waals surface area contributed by atoms with Crippen LogP contribution < -0.4 is 15.4 Å². The quantitative estimate of drug-likeness (QED) is 0.855. The highest BCUT2D eigenvalue weighted by atomic mass is 16.5. The monoisotopic (exact) mass is 304 g/mol. The van der Waals surface area contributed by atoms with Crippen molar-refractivity contribution in [2.45, 2.75) is 20.8 Å². The Hall–Kier alpha value is -2.50. The maximum absolute atomic E-state index is 12.1. The van der Waals surface area contributed by atoms with E-state index in [4.69, 9.17) is 9.15 Å². The van der Waals surface area contributed by atoms with Crippen LogP contribution in [-0.2, 0) is 4.79 Å². The summed E-state index contributed by atoms with van der Waals surface area (Å²) in [6.45, 7) is 6.56. The smallest absolute Gasteiger partial charge is 0.287 e. The van der Waals surface area contributed by atoms with Gasteiger partial charge < -0.3 is 19.8 Å². The van der Waals surface area contributed by atoms with Crippen LogP contribution in [0.15, 0.2) is 22.6 Å². The summed E-state index contributed by atoms with van der Waals surface area (Å²) in [4.78, 5) is 23.5. The molecule has 0 radical (unpaired) electrons. The van der Waals surface area contributed by atoms with E-state index >= 15 is 0 Å². The van der Waals surface area contributed by atoms with Crippen molar-refractivity contribution in [3.63, 3.8) is 0 Å². The van der Waals surface area contributed by atoms with Crippen molar-refractivity contribution in [2.24, 2.45) is 0 Å². The minimum Gasteiger partial charge on any atom is -0.494 e.